The highest BCUT2D eigenvalue weighted by Crippen LogP contribution is 2.30. The molecule has 2 aromatic heterocycles. The molecular formula is C23H19ClN4O3. The van der Waals surface area contributed by atoms with E-state index < -0.39 is 12.0 Å². The second kappa shape index (κ2) is 8.20. The summed E-state index contributed by atoms with van der Waals surface area (Å²) in [5.74, 6) is -0.605. The van der Waals surface area contributed by atoms with Crippen molar-refractivity contribution in [3.8, 4) is 11.4 Å². The first-order chi connectivity index (χ1) is 14.9. The number of anilines is 1. The summed E-state index contributed by atoms with van der Waals surface area (Å²) in [6.45, 7) is 1.85. The number of carbonyl (C=O) groups is 1. The van der Waals surface area contributed by atoms with E-state index in [1.54, 1.807) is 31.3 Å². The molecule has 0 saturated heterocycles. The second-order valence-electron chi connectivity index (χ2n) is 7.13. The Morgan fingerprint density at radius 2 is 1.90 bits per heavy atom. The lowest BCUT2D eigenvalue weighted by Crippen LogP contribution is -2.21. The van der Waals surface area contributed by atoms with E-state index in [0.717, 1.165) is 5.56 Å². The predicted molar refractivity (Wildman–Crippen MR) is 121 cm³/mol. The summed E-state index contributed by atoms with van der Waals surface area (Å²) in [5.41, 5.74) is 2.06. The average molecular weight is 435 g/mol. The Bertz CT molecular complexity index is 1350. The summed E-state index contributed by atoms with van der Waals surface area (Å²) < 4.78 is 1.50. The van der Waals surface area contributed by atoms with Crippen LogP contribution in [0.5, 0.6) is 0 Å². The van der Waals surface area contributed by atoms with Crippen LogP contribution >= 0.6 is 11.6 Å². The Kier molecular flexibility index (Phi) is 5.44. The molecule has 1 atom stereocenters. The van der Waals surface area contributed by atoms with E-state index >= 15 is 0 Å². The molecule has 0 aliphatic carbocycles. The number of pyridine rings is 1. The van der Waals surface area contributed by atoms with Crippen LogP contribution in [-0.2, 0) is 7.05 Å². The molecule has 0 saturated carbocycles. The fourth-order valence-electron chi connectivity index (χ4n) is 3.54. The summed E-state index contributed by atoms with van der Waals surface area (Å²) >= 11 is 6.32. The molecular weight excluding hydrogens is 416 g/mol. The van der Waals surface area contributed by atoms with Crippen LogP contribution in [0.4, 0.5) is 5.69 Å². The van der Waals surface area contributed by atoms with Gasteiger partial charge in [-0.05, 0) is 31.2 Å². The molecule has 0 amide bonds. The number of nitrogens with one attached hydrogen (secondary N) is 1. The molecule has 0 unspecified atom stereocenters. The van der Waals surface area contributed by atoms with Crippen molar-refractivity contribution < 1.29 is 9.90 Å². The molecule has 0 aliphatic heterocycles. The standard InChI is InChI=1S/C23H19ClN4O3/c1-13(26-18-9-6-10-25-20(18)23(30)31)16-11-15(24)12-17-19(16)27-21(28(2)22(17)29)14-7-4-3-5-8-14/h3-13,26H,1-2H3,(H,30,31)/t13-/m1/s1. The number of aromatic carboxylic acids is 1. The van der Waals surface area contributed by atoms with Crippen molar-refractivity contribution in [2.45, 2.75) is 13.0 Å². The number of fused-ring (bicyclic) bond motifs is 1. The smallest absolute Gasteiger partial charge is 0.356 e. The number of hydrogen-bond donors (Lipinski definition) is 2. The topological polar surface area (TPSA) is 97.1 Å². The van der Waals surface area contributed by atoms with E-state index in [2.05, 4.69) is 10.3 Å². The minimum atomic E-state index is -1.13. The Balaban J connectivity index is 1.89. The van der Waals surface area contributed by atoms with Crippen LogP contribution < -0.4 is 10.9 Å². The first kappa shape index (κ1) is 20.6. The molecule has 2 aromatic carbocycles. The second-order valence-corrected chi connectivity index (χ2v) is 7.56. The van der Waals surface area contributed by atoms with Gasteiger partial charge in [-0.15, -0.1) is 0 Å². The maximum Gasteiger partial charge on any atom is 0.356 e. The van der Waals surface area contributed by atoms with Gasteiger partial charge >= 0.3 is 5.97 Å². The summed E-state index contributed by atoms with van der Waals surface area (Å²) in [6.07, 6.45) is 1.42. The largest absolute Gasteiger partial charge is 0.476 e. The number of hydrogen-bond acceptors (Lipinski definition) is 5. The molecule has 2 N–H and O–H groups in total. The number of nitrogens with zero attached hydrogens (tertiary/aromatic N) is 3. The van der Waals surface area contributed by atoms with E-state index in [4.69, 9.17) is 16.6 Å². The molecule has 156 valence electrons. The SMILES string of the molecule is C[C@@H](Nc1cccnc1C(=O)O)c1cc(Cl)cc2c(=O)n(C)c(-c3ccccc3)nc12. The van der Waals surface area contributed by atoms with Crippen LogP contribution in [0, 0.1) is 0 Å². The van der Waals surface area contributed by atoms with Gasteiger partial charge in [-0.25, -0.2) is 14.8 Å². The lowest BCUT2D eigenvalue weighted by molar-refractivity contribution is 0.0691. The third-order valence-electron chi connectivity index (χ3n) is 5.06. The molecule has 0 radical (unpaired) electrons. The molecule has 2 heterocycles. The molecule has 0 fully saturated rings. The van der Waals surface area contributed by atoms with Crippen LogP contribution in [0.2, 0.25) is 5.02 Å². The monoisotopic (exact) mass is 434 g/mol. The zero-order valence-electron chi connectivity index (χ0n) is 16.8. The lowest BCUT2D eigenvalue weighted by atomic mass is 10.0. The van der Waals surface area contributed by atoms with Crippen molar-refractivity contribution in [2.24, 2.45) is 7.05 Å². The van der Waals surface area contributed by atoms with Crippen molar-refractivity contribution in [3.63, 3.8) is 0 Å². The molecule has 31 heavy (non-hydrogen) atoms. The Hall–Kier alpha value is -3.71. The van der Waals surface area contributed by atoms with Gasteiger partial charge in [0.05, 0.1) is 22.6 Å². The highest BCUT2D eigenvalue weighted by atomic mass is 35.5. The van der Waals surface area contributed by atoms with Gasteiger partial charge in [0.25, 0.3) is 5.56 Å². The zero-order chi connectivity index (χ0) is 22.1. The molecule has 4 aromatic rings. The van der Waals surface area contributed by atoms with Gasteiger partial charge in [-0.2, -0.15) is 0 Å². The summed E-state index contributed by atoms with van der Waals surface area (Å²) in [4.78, 5) is 33.3. The van der Waals surface area contributed by atoms with Crippen molar-refractivity contribution in [3.05, 3.63) is 87.4 Å². The Morgan fingerprint density at radius 3 is 2.61 bits per heavy atom. The summed E-state index contributed by atoms with van der Waals surface area (Å²) in [7, 11) is 1.67. The predicted octanol–water partition coefficient (Wildman–Crippen LogP) is 4.52. The number of benzene rings is 2. The van der Waals surface area contributed by atoms with Gasteiger partial charge in [-0.3, -0.25) is 9.36 Å². The first-order valence-electron chi connectivity index (χ1n) is 9.57. The van der Waals surface area contributed by atoms with E-state index in [9.17, 15) is 14.7 Å². The van der Waals surface area contributed by atoms with E-state index in [0.29, 0.717) is 33.0 Å². The highest BCUT2D eigenvalue weighted by Gasteiger charge is 2.19. The van der Waals surface area contributed by atoms with Gasteiger partial charge in [0, 0.05) is 29.4 Å². The number of aromatic nitrogens is 3. The number of halogens is 1. The quantitative estimate of drug-likeness (QED) is 0.479. The van der Waals surface area contributed by atoms with Gasteiger partial charge < -0.3 is 10.4 Å². The summed E-state index contributed by atoms with van der Waals surface area (Å²) in [6, 6.07) is 15.7. The van der Waals surface area contributed by atoms with Crippen molar-refractivity contribution >= 4 is 34.2 Å². The molecule has 4 rings (SSSR count). The van der Waals surface area contributed by atoms with E-state index in [1.165, 1.54) is 10.8 Å². The molecule has 0 aliphatic rings. The van der Waals surface area contributed by atoms with Gasteiger partial charge in [0.15, 0.2) is 5.69 Å². The zero-order valence-corrected chi connectivity index (χ0v) is 17.6. The number of carboxylic acid groups (broad SMARTS) is 1. The van der Waals surface area contributed by atoms with Crippen LogP contribution in [0.3, 0.4) is 0 Å². The maximum atomic E-state index is 13.1. The molecule has 7 nitrogen and oxygen atoms in total. The molecule has 8 heteroatoms. The van der Waals surface area contributed by atoms with Gasteiger partial charge in [0.1, 0.15) is 5.82 Å². The maximum absolute atomic E-state index is 13.1. The molecule has 0 bridgehead atoms. The fourth-order valence-corrected chi connectivity index (χ4v) is 3.77. The van der Waals surface area contributed by atoms with Crippen molar-refractivity contribution in [1.82, 2.24) is 14.5 Å². The third kappa shape index (κ3) is 3.87. The van der Waals surface area contributed by atoms with Crippen molar-refractivity contribution in [2.75, 3.05) is 5.32 Å². The third-order valence-corrected chi connectivity index (χ3v) is 5.27. The van der Waals surface area contributed by atoms with Crippen molar-refractivity contribution in [1.29, 1.82) is 0 Å². The number of rotatable bonds is 5. The summed E-state index contributed by atoms with van der Waals surface area (Å²) in [5, 5.41) is 13.4. The minimum Gasteiger partial charge on any atom is -0.476 e. The van der Waals surface area contributed by atoms with Gasteiger partial charge in [0.2, 0.25) is 0 Å². The van der Waals surface area contributed by atoms with Crippen LogP contribution in [0.1, 0.15) is 29.0 Å². The fraction of sp³-hybridized carbons (Fsp3) is 0.130. The Labute approximate surface area is 183 Å². The normalized spacial score (nSPS) is 12.0. The number of carboxylic acids is 1. The Morgan fingerprint density at radius 1 is 1.16 bits per heavy atom. The molecule has 0 spiro atoms. The average Bonchev–Trinajstić information content (AvgIpc) is 2.77. The highest BCUT2D eigenvalue weighted by molar-refractivity contribution is 6.31. The van der Waals surface area contributed by atoms with E-state index in [1.807, 2.05) is 37.3 Å². The first-order valence-corrected chi connectivity index (χ1v) is 9.95. The van der Waals surface area contributed by atoms with E-state index in [-0.39, 0.29) is 11.3 Å². The van der Waals surface area contributed by atoms with Crippen LogP contribution in [0.15, 0.2) is 65.6 Å². The lowest BCUT2D eigenvalue weighted by Gasteiger charge is -2.19. The van der Waals surface area contributed by atoms with Crippen LogP contribution in [-0.4, -0.2) is 25.6 Å². The van der Waals surface area contributed by atoms with Crippen LogP contribution in [0.25, 0.3) is 22.3 Å². The van der Waals surface area contributed by atoms with Gasteiger partial charge in [-0.1, -0.05) is 41.9 Å². The minimum absolute atomic E-state index is 0.0884.